The average molecular weight is 314 g/mol. The Morgan fingerprint density at radius 2 is 2.05 bits per heavy atom. The van der Waals surface area contributed by atoms with Crippen LogP contribution < -0.4 is 0 Å². The highest BCUT2D eigenvalue weighted by molar-refractivity contribution is 6.74. The first-order valence-electron chi connectivity index (χ1n) is 7.60. The van der Waals surface area contributed by atoms with Crippen LogP contribution in [0, 0.1) is 11.8 Å². The van der Waals surface area contributed by atoms with Crippen LogP contribution >= 0.6 is 0 Å². The SMILES string of the molecule is CC(C)(C)[Si](C)(C)O[C@H]1C[C@H]2OC(=O)C[C@H]2[C@H]1CC(=O)O. The topological polar surface area (TPSA) is 72.8 Å². The Labute approximate surface area is 127 Å². The molecule has 1 aliphatic heterocycles. The fourth-order valence-electron chi connectivity index (χ4n) is 3.13. The van der Waals surface area contributed by atoms with E-state index in [1.54, 1.807) is 0 Å². The van der Waals surface area contributed by atoms with Gasteiger partial charge in [-0.15, -0.1) is 0 Å². The first kappa shape index (κ1) is 16.5. The molecular formula is C15H26O5Si. The number of carbonyl (C=O) groups excluding carboxylic acids is 1. The lowest BCUT2D eigenvalue weighted by atomic mass is 9.89. The van der Waals surface area contributed by atoms with Crippen molar-refractivity contribution in [2.45, 2.75) is 70.4 Å². The van der Waals surface area contributed by atoms with Gasteiger partial charge in [-0.05, 0) is 18.1 Å². The Balaban J connectivity index is 2.15. The molecule has 5 nitrogen and oxygen atoms in total. The molecule has 1 saturated carbocycles. The van der Waals surface area contributed by atoms with Gasteiger partial charge in [-0.25, -0.2) is 0 Å². The van der Waals surface area contributed by atoms with Crippen molar-refractivity contribution >= 4 is 20.3 Å². The molecule has 2 aliphatic rings. The lowest BCUT2D eigenvalue weighted by Crippen LogP contribution is -2.45. The highest BCUT2D eigenvalue weighted by Crippen LogP contribution is 2.47. The highest BCUT2D eigenvalue weighted by atomic mass is 28.4. The first-order chi connectivity index (χ1) is 9.51. The Bertz CT molecular complexity index is 440. The molecule has 4 atom stereocenters. The molecule has 0 aromatic rings. The van der Waals surface area contributed by atoms with E-state index in [1.165, 1.54) is 0 Å². The lowest BCUT2D eigenvalue weighted by molar-refractivity contribution is -0.142. The fraction of sp³-hybridized carbons (Fsp3) is 0.867. The zero-order valence-corrected chi connectivity index (χ0v) is 14.5. The second kappa shape index (κ2) is 5.39. The minimum absolute atomic E-state index is 0.00312. The molecule has 21 heavy (non-hydrogen) atoms. The van der Waals surface area contributed by atoms with Crippen LogP contribution in [-0.4, -0.2) is 37.6 Å². The van der Waals surface area contributed by atoms with E-state index in [4.69, 9.17) is 14.3 Å². The second-order valence-electron chi connectivity index (χ2n) is 7.81. The normalized spacial score (nSPS) is 32.9. The van der Waals surface area contributed by atoms with Crippen molar-refractivity contribution < 1.29 is 23.9 Å². The van der Waals surface area contributed by atoms with Gasteiger partial charge in [-0.3, -0.25) is 9.59 Å². The van der Waals surface area contributed by atoms with E-state index < -0.39 is 14.3 Å². The van der Waals surface area contributed by atoms with Gasteiger partial charge in [0, 0.05) is 18.3 Å². The Morgan fingerprint density at radius 3 is 2.57 bits per heavy atom. The molecule has 1 aliphatic carbocycles. The molecule has 0 unspecified atom stereocenters. The number of rotatable bonds is 4. The summed E-state index contributed by atoms with van der Waals surface area (Å²) in [6.07, 6.45) is 0.763. The van der Waals surface area contributed by atoms with Gasteiger partial charge >= 0.3 is 11.9 Å². The van der Waals surface area contributed by atoms with E-state index in [9.17, 15) is 9.59 Å². The maximum absolute atomic E-state index is 11.4. The molecule has 1 N–H and O–H groups in total. The van der Waals surface area contributed by atoms with Crippen LogP contribution in [0.15, 0.2) is 0 Å². The average Bonchev–Trinajstić information content (AvgIpc) is 2.75. The number of carboxylic acid groups (broad SMARTS) is 1. The van der Waals surface area contributed by atoms with E-state index in [-0.39, 0.29) is 41.5 Å². The predicted octanol–water partition coefficient (Wildman–Crippen LogP) is 2.80. The largest absolute Gasteiger partial charge is 0.481 e. The quantitative estimate of drug-likeness (QED) is 0.638. The third kappa shape index (κ3) is 3.31. The van der Waals surface area contributed by atoms with E-state index >= 15 is 0 Å². The summed E-state index contributed by atoms with van der Waals surface area (Å²) >= 11 is 0. The number of hydrogen-bond donors (Lipinski definition) is 1. The maximum Gasteiger partial charge on any atom is 0.306 e. The number of aliphatic carboxylic acids is 1. The minimum Gasteiger partial charge on any atom is -0.481 e. The Hall–Kier alpha value is -0.883. The molecule has 0 bridgehead atoms. The second-order valence-corrected chi connectivity index (χ2v) is 12.6. The zero-order chi connectivity index (χ0) is 16.0. The predicted molar refractivity (Wildman–Crippen MR) is 80.4 cm³/mol. The van der Waals surface area contributed by atoms with Crippen molar-refractivity contribution in [2.75, 3.05) is 0 Å². The highest BCUT2D eigenvalue weighted by Gasteiger charge is 2.53. The smallest absolute Gasteiger partial charge is 0.306 e. The van der Waals surface area contributed by atoms with Crippen molar-refractivity contribution in [2.24, 2.45) is 11.8 Å². The molecule has 0 aromatic carbocycles. The summed E-state index contributed by atoms with van der Waals surface area (Å²) in [7, 11) is -1.96. The summed E-state index contributed by atoms with van der Waals surface area (Å²) in [6.45, 7) is 10.8. The van der Waals surface area contributed by atoms with E-state index in [0.717, 1.165) is 0 Å². The number of carbonyl (C=O) groups is 2. The van der Waals surface area contributed by atoms with Crippen molar-refractivity contribution in [1.29, 1.82) is 0 Å². The lowest BCUT2D eigenvalue weighted by Gasteiger charge is -2.40. The van der Waals surface area contributed by atoms with Crippen molar-refractivity contribution in [3.8, 4) is 0 Å². The maximum atomic E-state index is 11.4. The van der Waals surface area contributed by atoms with Crippen molar-refractivity contribution in [1.82, 2.24) is 0 Å². The molecule has 120 valence electrons. The molecule has 0 spiro atoms. The van der Waals surface area contributed by atoms with Crippen LogP contribution in [0.5, 0.6) is 0 Å². The molecule has 2 rings (SSSR count). The first-order valence-corrected chi connectivity index (χ1v) is 10.5. The molecule has 2 fully saturated rings. The molecule has 0 amide bonds. The van der Waals surface area contributed by atoms with Gasteiger partial charge in [0.15, 0.2) is 8.32 Å². The Kier molecular flexibility index (Phi) is 4.23. The summed E-state index contributed by atoms with van der Waals surface area (Å²) in [6, 6.07) is 0. The van der Waals surface area contributed by atoms with E-state index in [2.05, 4.69) is 33.9 Å². The van der Waals surface area contributed by atoms with Gasteiger partial charge in [0.1, 0.15) is 6.10 Å². The van der Waals surface area contributed by atoms with E-state index in [0.29, 0.717) is 12.8 Å². The van der Waals surface area contributed by atoms with Crippen LogP contribution in [-0.2, 0) is 18.8 Å². The van der Waals surface area contributed by atoms with Gasteiger partial charge in [0.2, 0.25) is 0 Å². The van der Waals surface area contributed by atoms with Gasteiger partial charge in [-0.2, -0.15) is 0 Å². The molecule has 6 heteroatoms. The van der Waals surface area contributed by atoms with Crippen LogP contribution in [0.1, 0.15) is 40.0 Å². The number of fused-ring (bicyclic) bond motifs is 1. The van der Waals surface area contributed by atoms with Gasteiger partial charge < -0.3 is 14.3 Å². The fourth-order valence-corrected chi connectivity index (χ4v) is 4.51. The number of carboxylic acids is 1. The number of hydrogen-bond acceptors (Lipinski definition) is 4. The molecule has 1 heterocycles. The summed E-state index contributed by atoms with van der Waals surface area (Å²) in [5, 5.41) is 9.24. The van der Waals surface area contributed by atoms with Crippen LogP contribution in [0.25, 0.3) is 0 Å². The van der Waals surface area contributed by atoms with Gasteiger partial charge in [0.05, 0.1) is 18.9 Å². The third-order valence-corrected chi connectivity index (χ3v) is 9.82. The minimum atomic E-state index is -1.96. The summed E-state index contributed by atoms with van der Waals surface area (Å²) in [4.78, 5) is 22.6. The summed E-state index contributed by atoms with van der Waals surface area (Å²) < 4.78 is 11.8. The van der Waals surface area contributed by atoms with Gasteiger partial charge in [0.25, 0.3) is 0 Å². The van der Waals surface area contributed by atoms with Crippen LogP contribution in [0.2, 0.25) is 18.1 Å². The van der Waals surface area contributed by atoms with E-state index in [1.807, 2.05) is 0 Å². The van der Waals surface area contributed by atoms with Crippen LogP contribution in [0.4, 0.5) is 0 Å². The Morgan fingerprint density at radius 1 is 1.43 bits per heavy atom. The van der Waals surface area contributed by atoms with Crippen molar-refractivity contribution in [3.05, 3.63) is 0 Å². The molecular weight excluding hydrogens is 288 g/mol. The zero-order valence-electron chi connectivity index (χ0n) is 13.5. The number of esters is 1. The third-order valence-electron chi connectivity index (χ3n) is 5.32. The van der Waals surface area contributed by atoms with Crippen LogP contribution in [0.3, 0.4) is 0 Å². The molecule has 1 saturated heterocycles. The van der Waals surface area contributed by atoms with Crippen molar-refractivity contribution in [3.63, 3.8) is 0 Å². The summed E-state index contributed by atoms with van der Waals surface area (Å²) in [5.74, 6) is -1.15. The standard InChI is InChI=1S/C15H26O5Si/c1-15(2,3)21(4,5)20-12-8-11-10(7-14(18)19-11)9(12)6-13(16)17/h9-12H,6-8H2,1-5H3,(H,16,17)/t9-,10+,11-,12+/m1/s1. The van der Waals surface area contributed by atoms with Gasteiger partial charge in [-0.1, -0.05) is 20.8 Å². The molecule has 0 radical (unpaired) electrons. The molecule has 0 aromatic heterocycles. The monoisotopic (exact) mass is 314 g/mol. The number of ether oxygens (including phenoxy) is 1. The summed E-state index contributed by atoms with van der Waals surface area (Å²) in [5.41, 5.74) is 0.